The third-order valence-corrected chi connectivity index (χ3v) is 7.18. The minimum atomic E-state index is 0.136. The molecule has 0 spiro atoms. The Hall–Kier alpha value is -0.0800. The van der Waals surface area contributed by atoms with Gasteiger partial charge in [-0.1, -0.05) is 41.5 Å². The van der Waals surface area contributed by atoms with Crippen molar-refractivity contribution in [2.45, 2.75) is 90.6 Å². The van der Waals surface area contributed by atoms with Gasteiger partial charge in [0.15, 0.2) is 0 Å². The summed E-state index contributed by atoms with van der Waals surface area (Å²) >= 11 is 0. The number of epoxide rings is 2. The third kappa shape index (κ3) is 1.99. The topological polar surface area (TPSA) is 25.1 Å². The van der Waals surface area contributed by atoms with Crippen molar-refractivity contribution in [3.63, 3.8) is 0 Å². The summed E-state index contributed by atoms with van der Waals surface area (Å²) in [6, 6.07) is 0. The van der Waals surface area contributed by atoms with Gasteiger partial charge in [0.25, 0.3) is 0 Å². The van der Waals surface area contributed by atoms with E-state index in [-0.39, 0.29) is 11.2 Å². The molecule has 4 fully saturated rings. The minimum Gasteiger partial charge on any atom is -0.365 e. The van der Waals surface area contributed by atoms with Crippen LogP contribution in [0.4, 0.5) is 0 Å². The highest BCUT2D eigenvalue weighted by molar-refractivity contribution is 5.24. The van der Waals surface area contributed by atoms with Gasteiger partial charge in [-0.25, -0.2) is 0 Å². The Kier molecular flexibility index (Phi) is 3.32. The molecule has 22 heavy (non-hydrogen) atoms. The van der Waals surface area contributed by atoms with E-state index in [9.17, 15) is 0 Å². The Labute approximate surface area is 136 Å². The number of fused-ring (bicyclic) bond motifs is 2. The van der Waals surface area contributed by atoms with Gasteiger partial charge in [0.2, 0.25) is 0 Å². The molecule has 0 aromatic carbocycles. The molecule has 4 rings (SSSR count). The Balaban J connectivity index is 1.66. The van der Waals surface area contributed by atoms with Gasteiger partial charge in [-0.3, -0.25) is 0 Å². The second-order valence-electron chi connectivity index (χ2n) is 9.75. The van der Waals surface area contributed by atoms with E-state index in [0.717, 1.165) is 23.7 Å². The summed E-state index contributed by atoms with van der Waals surface area (Å²) in [5.41, 5.74) is 0.271. The van der Waals surface area contributed by atoms with Crippen molar-refractivity contribution in [1.82, 2.24) is 0 Å². The second-order valence-corrected chi connectivity index (χ2v) is 9.75. The first-order valence-corrected chi connectivity index (χ1v) is 9.66. The van der Waals surface area contributed by atoms with Crippen molar-refractivity contribution in [1.29, 1.82) is 0 Å². The molecule has 2 nitrogen and oxygen atoms in total. The van der Waals surface area contributed by atoms with Crippen LogP contribution in [0.1, 0.15) is 67.2 Å². The van der Waals surface area contributed by atoms with E-state index in [2.05, 4.69) is 41.5 Å². The standard InChI is InChI=1S/C20H34O2/c1-11(2)16(19-9-12(3)7-14(5)17(19)21-19)20-10-13(4)8-15(6)18(20)22-20/h11-18H,7-10H2,1-6H3. The maximum atomic E-state index is 6.51. The minimum absolute atomic E-state index is 0.136. The number of hydrogen-bond acceptors (Lipinski definition) is 2. The Bertz CT molecular complexity index is 423. The monoisotopic (exact) mass is 306 g/mol. The van der Waals surface area contributed by atoms with Crippen LogP contribution >= 0.6 is 0 Å². The highest BCUT2D eigenvalue weighted by atomic mass is 16.6. The molecule has 2 heteroatoms. The van der Waals surface area contributed by atoms with Gasteiger partial charge in [0.1, 0.15) is 11.2 Å². The SMILES string of the molecule is CC1CC(C)C2OC2(C(C(C)C)C23CC(C)CC(C)C2O3)C1. The summed E-state index contributed by atoms with van der Waals surface area (Å²) in [6.07, 6.45) is 6.19. The predicted molar refractivity (Wildman–Crippen MR) is 88.7 cm³/mol. The fraction of sp³-hybridized carbons (Fsp3) is 1.00. The van der Waals surface area contributed by atoms with Crippen LogP contribution in [-0.4, -0.2) is 23.4 Å². The van der Waals surface area contributed by atoms with Gasteiger partial charge in [-0.2, -0.15) is 0 Å². The lowest BCUT2D eigenvalue weighted by Crippen LogP contribution is -2.49. The average molecular weight is 306 g/mol. The molecule has 4 aliphatic rings. The van der Waals surface area contributed by atoms with Crippen LogP contribution in [-0.2, 0) is 9.47 Å². The Morgan fingerprint density at radius 1 is 0.773 bits per heavy atom. The normalized spacial score (nSPS) is 58.0. The zero-order chi connectivity index (χ0) is 15.9. The Morgan fingerprint density at radius 3 is 1.55 bits per heavy atom. The molecule has 2 heterocycles. The first-order chi connectivity index (χ1) is 10.3. The molecule has 8 atom stereocenters. The van der Waals surface area contributed by atoms with Crippen molar-refractivity contribution >= 4 is 0 Å². The number of ether oxygens (including phenoxy) is 2. The van der Waals surface area contributed by atoms with E-state index in [1.807, 2.05) is 0 Å². The summed E-state index contributed by atoms with van der Waals surface area (Å²) < 4.78 is 13.0. The lowest BCUT2D eigenvalue weighted by Gasteiger charge is -2.41. The van der Waals surface area contributed by atoms with Crippen LogP contribution in [0.5, 0.6) is 0 Å². The second kappa shape index (κ2) is 4.72. The predicted octanol–water partition coefficient (Wildman–Crippen LogP) is 4.67. The molecule has 0 amide bonds. The smallest absolute Gasteiger partial charge is 0.101 e. The number of rotatable bonds is 3. The molecule has 0 aromatic heterocycles. The molecule has 0 radical (unpaired) electrons. The lowest BCUT2D eigenvalue weighted by atomic mass is 9.60. The van der Waals surface area contributed by atoms with Crippen molar-refractivity contribution < 1.29 is 9.47 Å². The van der Waals surface area contributed by atoms with E-state index in [1.165, 1.54) is 25.7 Å². The lowest BCUT2D eigenvalue weighted by molar-refractivity contribution is 0.0474. The fourth-order valence-electron chi connectivity index (χ4n) is 7.00. The van der Waals surface area contributed by atoms with Gasteiger partial charge < -0.3 is 9.47 Å². The molecule has 2 saturated carbocycles. The summed E-state index contributed by atoms with van der Waals surface area (Å²) in [6.45, 7) is 14.4. The van der Waals surface area contributed by atoms with E-state index < -0.39 is 0 Å². The summed E-state index contributed by atoms with van der Waals surface area (Å²) in [7, 11) is 0. The zero-order valence-electron chi connectivity index (χ0n) is 15.3. The molecular weight excluding hydrogens is 272 g/mol. The summed E-state index contributed by atoms with van der Waals surface area (Å²) in [5, 5.41) is 0. The highest BCUT2D eigenvalue weighted by Crippen LogP contribution is 2.68. The Morgan fingerprint density at radius 2 is 1.18 bits per heavy atom. The molecular formula is C20H34O2. The van der Waals surface area contributed by atoms with Gasteiger partial charge in [-0.05, 0) is 55.3 Å². The molecule has 2 aliphatic heterocycles. The average Bonchev–Trinajstić information content (AvgIpc) is 3.23. The summed E-state index contributed by atoms with van der Waals surface area (Å²) in [5.74, 6) is 4.26. The largest absolute Gasteiger partial charge is 0.365 e. The van der Waals surface area contributed by atoms with Crippen molar-refractivity contribution in [3.05, 3.63) is 0 Å². The molecule has 2 aliphatic carbocycles. The third-order valence-electron chi connectivity index (χ3n) is 7.18. The van der Waals surface area contributed by atoms with Crippen molar-refractivity contribution in [2.24, 2.45) is 35.5 Å². The molecule has 2 saturated heterocycles. The van der Waals surface area contributed by atoms with Crippen LogP contribution in [0, 0.1) is 35.5 Å². The summed E-state index contributed by atoms with van der Waals surface area (Å²) in [4.78, 5) is 0. The van der Waals surface area contributed by atoms with Crippen LogP contribution < -0.4 is 0 Å². The van der Waals surface area contributed by atoms with Crippen LogP contribution in [0.15, 0.2) is 0 Å². The first-order valence-electron chi connectivity index (χ1n) is 9.66. The molecule has 0 bridgehead atoms. The van der Waals surface area contributed by atoms with Gasteiger partial charge in [-0.15, -0.1) is 0 Å². The fourth-order valence-corrected chi connectivity index (χ4v) is 7.00. The first kappa shape index (κ1) is 15.4. The van der Waals surface area contributed by atoms with E-state index >= 15 is 0 Å². The molecule has 8 unspecified atom stereocenters. The van der Waals surface area contributed by atoms with Crippen LogP contribution in [0.3, 0.4) is 0 Å². The zero-order valence-corrected chi connectivity index (χ0v) is 15.3. The van der Waals surface area contributed by atoms with Gasteiger partial charge in [0, 0.05) is 5.92 Å². The molecule has 0 N–H and O–H groups in total. The van der Waals surface area contributed by atoms with Crippen LogP contribution in [0.2, 0.25) is 0 Å². The molecule has 0 aromatic rings. The van der Waals surface area contributed by atoms with Crippen LogP contribution in [0.25, 0.3) is 0 Å². The van der Waals surface area contributed by atoms with Gasteiger partial charge in [0.05, 0.1) is 12.2 Å². The van der Waals surface area contributed by atoms with Gasteiger partial charge >= 0.3 is 0 Å². The maximum absolute atomic E-state index is 6.51. The highest BCUT2D eigenvalue weighted by Gasteiger charge is 2.77. The molecule has 126 valence electrons. The number of hydrogen-bond donors (Lipinski definition) is 0. The van der Waals surface area contributed by atoms with Crippen molar-refractivity contribution in [2.75, 3.05) is 0 Å². The van der Waals surface area contributed by atoms with E-state index in [1.54, 1.807) is 0 Å². The van der Waals surface area contributed by atoms with Crippen molar-refractivity contribution in [3.8, 4) is 0 Å². The maximum Gasteiger partial charge on any atom is 0.101 e. The van der Waals surface area contributed by atoms with E-state index in [0.29, 0.717) is 24.0 Å². The van der Waals surface area contributed by atoms with E-state index in [4.69, 9.17) is 9.47 Å². The quantitative estimate of drug-likeness (QED) is 0.708.